The summed E-state index contributed by atoms with van der Waals surface area (Å²) in [6.07, 6.45) is 10.5. The average Bonchev–Trinajstić information content (AvgIpc) is 1.30. The number of hydrogen-bond acceptors (Lipinski definition) is 13. The second-order valence-corrected chi connectivity index (χ2v) is 19.4. The van der Waals surface area contributed by atoms with Gasteiger partial charge in [0.2, 0.25) is 5.24 Å². The van der Waals surface area contributed by atoms with Gasteiger partial charge in [-0.15, -0.1) is 191 Å². The topological polar surface area (TPSA) is 187 Å². The largest absolute Gasteiger partial charge is 3.00 e. The van der Waals surface area contributed by atoms with Crippen LogP contribution in [0.15, 0.2) is 304 Å². The van der Waals surface area contributed by atoms with E-state index in [9.17, 15) is 14.4 Å². The number of phenolic OH excluding ortho intramolecular Hbond substituents is 2. The Balaban J connectivity index is 0.000000237. The molecule has 0 radical (unpaired) electrons. The van der Waals surface area contributed by atoms with Crippen molar-refractivity contribution < 1.29 is 74.3 Å². The van der Waals surface area contributed by atoms with E-state index < -0.39 is 17.2 Å². The molecule has 12 aromatic rings. The molecule has 12 rings (SSSR count). The molecule has 0 saturated heterocycles. The van der Waals surface area contributed by atoms with E-state index in [-0.39, 0.29) is 51.7 Å². The first-order chi connectivity index (χ1) is 44.6. The molecule has 6 heterocycles. The average molecular weight is 1610 g/mol. The molecule has 16 heteroatoms. The fourth-order valence-electron chi connectivity index (χ4n) is 7.04. The van der Waals surface area contributed by atoms with Crippen molar-refractivity contribution in [2.45, 2.75) is 20.8 Å². The maximum Gasteiger partial charge on any atom is 3.00 e. The van der Waals surface area contributed by atoms with Crippen LogP contribution < -0.4 is 9.47 Å². The molecule has 0 amide bonds. The van der Waals surface area contributed by atoms with Crippen LogP contribution in [-0.2, 0) is 54.6 Å². The summed E-state index contributed by atoms with van der Waals surface area (Å²) in [6, 6.07) is 88.4. The molecular formula is C78H61ClIr2N6O7. The molecule has 94 heavy (non-hydrogen) atoms. The Morgan fingerprint density at radius 1 is 0.340 bits per heavy atom. The van der Waals surface area contributed by atoms with Gasteiger partial charge in [-0.2, -0.15) is 0 Å². The molecule has 2 N–H and O–H groups in total. The zero-order valence-electron chi connectivity index (χ0n) is 51.2. The number of rotatable bonds is 11. The number of nitrogens with zero attached hydrogens (tertiary/aromatic N) is 6. The van der Waals surface area contributed by atoms with Gasteiger partial charge in [-0.05, 0) is 103 Å². The Hall–Kier alpha value is -10.8. The van der Waals surface area contributed by atoms with Crippen LogP contribution in [0.1, 0.15) is 20.8 Å². The molecule has 6 aromatic heterocycles. The predicted molar refractivity (Wildman–Crippen MR) is 361 cm³/mol. The van der Waals surface area contributed by atoms with E-state index >= 15 is 0 Å². The number of ether oxygens (including phenoxy) is 2. The van der Waals surface area contributed by atoms with E-state index in [0.29, 0.717) is 28.2 Å². The van der Waals surface area contributed by atoms with Crippen LogP contribution >= 0.6 is 11.6 Å². The first kappa shape index (κ1) is 75.7. The Labute approximate surface area is 580 Å². The molecule has 6 aromatic carbocycles. The minimum Gasteiger partial charge on any atom is -0.551 e. The SMILES string of the molecule is C=C(C)C(=O)Cl.C=C(C)C(=O)Oc1c[c-]c(-c2ccccn2)cc1.C=C(C)C(=O)Oc1c[c-]c(-c2ccccn2)cc1.Oc1c[c-]c(-c2ccccn2)cc1.Oc1c[c-]c(-c2ccccn2)cc1.[Ir+3].[Ir+3].[c-]1ccccc1-c1ccccn1.[c-]1ccccc1-c1ccccn1. The molecule has 0 aliphatic heterocycles. The Kier molecular flexibility index (Phi) is 34.1. The summed E-state index contributed by atoms with van der Waals surface area (Å²) in [6.45, 7) is 15.1. The van der Waals surface area contributed by atoms with Crippen LogP contribution in [0, 0.1) is 36.4 Å². The summed E-state index contributed by atoms with van der Waals surface area (Å²) in [4.78, 5) is 57.6. The van der Waals surface area contributed by atoms with Crippen LogP contribution in [0.3, 0.4) is 0 Å². The van der Waals surface area contributed by atoms with Crippen molar-refractivity contribution in [3.8, 4) is 90.5 Å². The molecule has 0 atom stereocenters. The number of hydrogen-bond donors (Lipinski definition) is 2. The van der Waals surface area contributed by atoms with Gasteiger partial charge in [-0.1, -0.05) is 92.5 Å². The number of allylic oxidation sites excluding steroid dienone is 1. The molecule has 0 bridgehead atoms. The minimum absolute atomic E-state index is 0. The summed E-state index contributed by atoms with van der Waals surface area (Å²) < 4.78 is 10.2. The number of esters is 2. The molecule has 0 aliphatic rings. The van der Waals surface area contributed by atoms with Crippen LogP contribution in [-0.4, -0.2) is 57.3 Å². The molecule has 0 spiro atoms. The molecule has 0 saturated carbocycles. The van der Waals surface area contributed by atoms with E-state index in [1.165, 1.54) is 12.1 Å². The zero-order chi connectivity index (χ0) is 65.7. The normalized spacial score (nSPS) is 9.45. The molecule has 0 unspecified atom stereocenters. The van der Waals surface area contributed by atoms with E-state index in [1.807, 2.05) is 170 Å². The summed E-state index contributed by atoms with van der Waals surface area (Å²) in [5, 5.41) is 17.6. The van der Waals surface area contributed by atoms with Crippen LogP contribution in [0.25, 0.3) is 67.5 Å². The first-order valence-corrected chi connectivity index (χ1v) is 28.5. The summed E-state index contributed by atoms with van der Waals surface area (Å²) in [5.41, 5.74) is 12.0. The van der Waals surface area contributed by atoms with Gasteiger partial charge in [0.15, 0.2) is 0 Å². The smallest absolute Gasteiger partial charge is 0.551 e. The van der Waals surface area contributed by atoms with E-state index in [1.54, 1.807) is 106 Å². The molecule has 470 valence electrons. The number of benzene rings is 6. The van der Waals surface area contributed by atoms with Crippen LogP contribution in [0.4, 0.5) is 0 Å². The third kappa shape index (κ3) is 27.8. The molecule has 0 fully saturated rings. The quantitative estimate of drug-likeness (QED) is 0.0410. The van der Waals surface area contributed by atoms with Crippen molar-refractivity contribution in [3.63, 3.8) is 0 Å². The van der Waals surface area contributed by atoms with Gasteiger partial charge in [-0.3, -0.25) is 4.79 Å². The maximum absolute atomic E-state index is 11.3. The number of carbonyl (C=O) groups excluding carboxylic acids is 3. The number of carbonyl (C=O) groups is 3. The van der Waals surface area contributed by atoms with E-state index in [4.69, 9.17) is 31.3 Å². The molecular weight excluding hydrogens is 1550 g/mol. The van der Waals surface area contributed by atoms with E-state index in [2.05, 4.69) is 86.0 Å². The van der Waals surface area contributed by atoms with E-state index in [0.717, 1.165) is 67.5 Å². The second-order valence-electron chi connectivity index (χ2n) is 19.0. The van der Waals surface area contributed by atoms with Gasteiger partial charge in [0, 0.05) is 76.9 Å². The van der Waals surface area contributed by atoms with Crippen molar-refractivity contribution in [2.75, 3.05) is 0 Å². The molecule has 13 nitrogen and oxygen atoms in total. The Bertz CT molecular complexity index is 3810. The van der Waals surface area contributed by atoms with Crippen molar-refractivity contribution in [1.82, 2.24) is 29.9 Å². The maximum atomic E-state index is 11.3. The van der Waals surface area contributed by atoms with Gasteiger partial charge < -0.3 is 49.6 Å². The number of pyridine rings is 6. The van der Waals surface area contributed by atoms with Crippen LogP contribution in [0.2, 0.25) is 0 Å². The van der Waals surface area contributed by atoms with Crippen molar-refractivity contribution >= 4 is 28.8 Å². The van der Waals surface area contributed by atoms with Crippen molar-refractivity contribution in [2.24, 2.45) is 0 Å². The first-order valence-electron chi connectivity index (χ1n) is 28.1. The third-order valence-electron chi connectivity index (χ3n) is 11.7. The monoisotopic (exact) mass is 1610 g/mol. The fourth-order valence-corrected chi connectivity index (χ4v) is 7.04. The van der Waals surface area contributed by atoms with Gasteiger partial charge in [-0.25, -0.2) is 9.59 Å². The number of aromatic hydroxyl groups is 2. The van der Waals surface area contributed by atoms with Gasteiger partial charge in [0.1, 0.15) is 0 Å². The number of aromatic nitrogens is 6. The van der Waals surface area contributed by atoms with Gasteiger partial charge in [0.05, 0.1) is 0 Å². The number of phenols is 2. The Morgan fingerprint density at radius 2 is 0.585 bits per heavy atom. The zero-order valence-corrected chi connectivity index (χ0v) is 56.7. The van der Waals surface area contributed by atoms with Gasteiger partial charge in [0.25, 0.3) is 0 Å². The summed E-state index contributed by atoms with van der Waals surface area (Å²) in [5.74, 6) is 0.465. The van der Waals surface area contributed by atoms with Crippen molar-refractivity contribution in [3.05, 3.63) is 341 Å². The molecule has 0 aliphatic carbocycles. The van der Waals surface area contributed by atoms with Crippen molar-refractivity contribution in [1.29, 1.82) is 0 Å². The standard InChI is InChI=1S/2C15H12NO2.2C11H8NO.2C11H8N.C4H5ClO.2Ir/c2*1-11(2)15(17)18-13-8-6-12(7-9-13)14-5-3-4-10-16-14;2*13-10-6-4-9(5-7-10)11-3-1-2-8-12-11;2*1-2-6-10(7-3-1)11-8-4-5-9-12-11;1-3(2)4(5)6;;/h2*3-6,8-10H,1H2,2H3;2*1-4,6-8,13H;2*1-6,8-9H;1H2,2H3;;/q6*-1;;2*+3. The number of halogens is 1. The summed E-state index contributed by atoms with van der Waals surface area (Å²) >= 11 is 4.87. The fraction of sp³-hybridized carbons (Fsp3) is 0.0385. The summed E-state index contributed by atoms with van der Waals surface area (Å²) in [7, 11) is 0. The van der Waals surface area contributed by atoms with Crippen LogP contribution in [0.5, 0.6) is 23.0 Å². The van der Waals surface area contributed by atoms with Gasteiger partial charge >= 0.3 is 52.1 Å². The third-order valence-corrected chi connectivity index (χ3v) is 12.0. The second kappa shape index (κ2) is 42.3. The predicted octanol–water partition coefficient (Wildman–Crippen LogP) is 17.0. The Morgan fingerprint density at radius 3 is 0.766 bits per heavy atom. The minimum atomic E-state index is -0.463.